The Morgan fingerprint density at radius 2 is 1.94 bits per heavy atom. The summed E-state index contributed by atoms with van der Waals surface area (Å²) in [6.45, 7) is 4.21. The van der Waals surface area contributed by atoms with Crippen molar-refractivity contribution in [1.29, 1.82) is 0 Å². The minimum atomic E-state index is 0.169. The highest BCUT2D eigenvalue weighted by Crippen LogP contribution is 2.43. The molecular weight excluding hydrogens is 400 g/mol. The van der Waals surface area contributed by atoms with Gasteiger partial charge in [-0.3, -0.25) is 4.57 Å². The Balaban J connectivity index is 1.55. The van der Waals surface area contributed by atoms with Crippen LogP contribution >= 0.6 is 0 Å². The molecular formula is C24H30N8. The molecule has 0 radical (unpaired) electrons. The third-order valence-corrected chi connectivity index (χ3v) is 6.52. The quantitative estimate of drug-likeness (QED) is 0.606. The minimum Gasteiger partial charge on any atom is -0.386 e. The van der Waals surface area contributed by atoms with Crippen LogP contribution in [0.1, 0.15) is 62.3 Å². The van der Waals surface area contributed by atoms with Crippen LogP contribution in [0.25, 0.3) is 11.4 Å². The van der Waals surface area contributed by atoms with Crippen molar-refractivity contribution in [1.82, 2.24) is 30.0 Å². The lowest BCUT2D eigenvalue weighted by molar-refractivity contribution is 0.468. The predicted molar refractivity (Wildman–Crippen MR) is 127 cm³/mol. The standard InChI is InChI=1S/C24H30N8/c1-4-20-23-30-29-16(2)31(23)21-15-27-24(28-22(21)32(20)18-12-8-9-13-18)26-14-19(25-3)17-10-6-5-7-11-17/h5-7,10-11,14-15,18,20,25H,4,8-9,12-13H2,1-3H3,(H,26,27,28)/b19-14-/t20-/m1/s1. The van der Waals surface area contributed by atoms with Gasteiger partial charge in [-0.15, -0.1) is 10.2 Å². The molecule has 3 heterocycles. The molecule has 0 saturated heterocycles. The highest BCUT2D eigenvalue weighted by Gasteiger charge is 2.39. The summed E-state index contributed by atoms with van der Waals surface area (Å²) in [5.41, 5.74) is 3.04. The van der Waals surface area contributed by atoms with Gasteiger partial charge in [0.2, 0.25) is 5.95 Å². The molecule has 3 aromatic rings. The summed E-state index contributed by atoms with van der Waals surface area (Å²) < 4.78 is 2.12. The number of benzene rings is 1. The van der Waals surface area contributed by atoms with E-state index in [1.165, 1.54) is 25.7 Å². The van der Waals surface area contributed by atoms with E-state index in [2.05, 4.69) is 54.3 Å². The third-order valence-electron chi connectivity index (χ3n) is 6.52. The summed E-state index contributed by atoms with van der Waals surface area (Å²) in [5, 5.41) is 15.5. The van der Waals surface area contributed by atoms with Crippen molar-refractivity contribution < 1.29 is 0 Å². The molecule has 1 atom stereocenters. The number of aromatic nitrogens is 5. The maximum Gasteiger partial charge on any atom is 0.228 e. The Hall–Kier alpha value is -3.42. The lowest BCUT2D eigenvalue weighted by Gasteiger charge is -2.41. The molecule has 8 heteroatoms. The molecule has 2 N–H and O–H groups in total. The largest absolute Gasteiger partial charge is 0.386 e. The Morgan fingerprint density at radius 1 is 1.16 bits per heavy atom. The van der Waals surface area contributed by atoms with Gasteiger partial charge in [0.1, 0.15) is 11.5 Å². The molecule has 0 amide bonds. The summed E-state index contributed by atoms with van der Waals surface area (Å²) in [6.07, 6.45) is 9.68. The Labute approximate surface area is 188 Å². The molecule has 1 fully saturated rings. The van der Waals surface area contributed by atoms with Gasteiger partial charge in [-0.05, 0) is 31.7 Å². The van der Waals surface area contributed by atoms with E-state index in [1.54, 1.807) is 0 Å². The Morgan fingerprint density at radius 3 is 2.66 bits per heavy atom. The lowest BCUT2D eigenvalue weighted by atomic mass is 10.0. The molecule has 0 unspecified atom stereocenters. The highest BCUT2D eigenvalue weighted by atomic mass is 15.4. The first-order valence-corrected chi connectivity index (χ1v) is 11.5. The van der Waals surface area contributed by atoms with Crippen molar-refractivity contribution in [3.05, 3.63) is 59.9 Å². The lowest BCUT2D eigenvalue weighted by Crippen LogP contribution is -2.42. The van der Waals surface area contributed by atoms with Crippen molar-refractivity contribution in [3.8, 4) is 5.69 Å². The van der Waals surface area contributed by atoms with Crippen molar-refractivity contribution >= 4 is 17.5 Å². The van der Waals surface area contributed by atoms with E-state index in [4.69, 9.17) is 4.98 Å². The van der Waals surface area contributed by atoms with Crippen LogP contribution in [-0.4, -0.2) is 37.8 Å². The Kier molecular flexibility index (Phi) is 5.51. The zero-order valence-electron chi connectivity index (χ0n) is 18.9. The average Bonchev–Trinajstić information content (AvgIpc) is 3.49. The molecule has 0 bridgehead atoms. The number of anilines is 2. The van der Waals surface area contributed by atoms with Crippen molar-refractivity contribution in [2.24, 2.45) is 0 Å². The average molecular weight is 431 g/mol. The summed E-state index contributed by atoms with van der Waals surface area (Å²) in [5.74, 6) is 3.42. The van der Waals surface area contributed by atoms with Crippen LogP contribution in [0.2, 0.25) is 0 Å². The fourth-order valence-electron chi connectivity index (χ4n) is 4.99. The molecule has 8 nitrogen and oxygen atoms in total. The van der Waals surface area contributed by atoms with Gasteiger partial charge in [0.15, 0.2) is 11.6 Å². The molecule has 32 heavy (non-hydrogen) atoms. The van der Waals surface area contributed by atoms with Gasteiger partial charge >= 0.3 is 0 Å². The molecule has 1 aromatic carbocycles. The van der Waals surface area contributed by atoms with E-state index < -0.39 is 0 Å². The second-order valence-corrected chi connectivity index (χ2v) is 8.43. The minimum absolute atomic E-state index is 0.169. The van der Waals surface area contributed by atoms with Crippen molar-refractivity contribution in [2.75, 3.05) is 17.3 Å². The number of nitrogens with zero attached hydrogens (tertiary/aromatic N) is 6. The van der Waals surface area contributed by atoms with E-state index in [-0.39, 0.29) is 6.04 Å². The van der Waals surface area contributed by atoms with Crippen LogP contribution in [0.4, 0.5) is 11.8 Å². The topological polar surface area (TPSA) is 83.8 Å². The molecule has 2 aromatic heterocycles. The predicted octanol–water partition coefficient (Wildman–Crippen LogP) is 4.21. The zero-order valence-corrected chi connectivity index (χ0v) is 18.9. The fraction of sp³-hybridized carbons (Fsp3) is 0.417. The maximum absolute atomic E-state index is 5.01. The van der Waals surface area contributed by atoms with E-state index in [0.717, 1.165) is 40.8 Å². The molecule has 1 aliphatic heterocycles. The van der Waals surface area contributed by atoms with Crippen LogP contribution in [0.5, 0.6) is 0 Å². The van der Waals surface area contributed by atoms with Gasteiger partial charge in [-0.2, -0.15) is 4.98 Å². The number of aryl methyl sites for hydroxylation is 1. The van der Waals surface area contributed by atoms with E-state index in [0.29, 0.717) is 12.0 Å². The molecule has 166 valence electrons. The normalized spacial score (nSPS) is 18.4. The second-order valence-electron chi connectivity index (χ2n) is 8.43. The van der Waals surface area contributed by atoms with Crippen LogP contribution in [0.3, 0.4) is 0 Å². The third kappa shape index (κ3) is 3.49. The maximum atomic E-state index is 5.01. The first-order chi connectivity index (χ1) is 15.7. The Bertz CT molecular complexity index is 1110. The molecule has 2 aliphatic rings. The highest BCUT2D eigenvalue weighted by molar-refractivity contribution is 5.67. The van der Waals surface area contributed by atoms with Gasteiger partial charge in [0.05, 0.1) is 17.9 Å². The molecule has 1 saturated carbocycles. The van der Waals surface area contributed by atoms with Crippen LogP contribution in [-0.2, 0) is 0 Å². The molecule has 1 aliphatic carbocycles. The second kappa shape index (κ2) is 8.61. The first kappa shape index (κ1) is 20.5. The van der Waals surface area contributed by atoms with E-state index in [9.17, 15) is 0 Å². The van der Waals surface area contributed by atoms with E-state index >= 15 is 0 Å². The van der Waals surface area contributed by atoms with Crippen molar-refractivity contribution in [2.45, 2.75) is 58.0 Å². The monoisotopic (exact) mass is 430 g/mol. The first-order valence-electron chi connectivity index (χ1n) is 11.5. The van der Waals surface area contributed by atoms with Gasteiger partial charge in [-0.1, -0.05) is 50.1 Å². The SMILES string of the molecule is CC[C@@H]1c2nnc(C)n2-c2cnc(N/C=C(\NC)c3ccccc3)nc2N1C1CCCC1. The molecule has 5 rings (SSSR count). The van der Waals surface area contributed by atoms with Gasteiger partial charge in [0, 0.05) is 19.3 Å². The van der Waals surface area contributed by atoms with Gasteiger partial charge in [-0.25, -0.2) is 4.98 Å². The van der Waals surface area contributed by atoms with Gasteiger partial charge in [0.25, 0.3) is 0 Å². The summed E-state index contributed by atoms with van der Waals surface area (Å²) in [6, 6.07) is 10.9. The van der Waals surface area contributed by atoms with Crippen molar-refractivity contribution in [3.63, 3.8) is 0 Å². The summed E-state index contributed by atoms with van der Waals surface area (Å²) in [4.78, 5) is 12.1. The summed E-state index contributed by atoms with van der Waals surface area (Å²) >= 11 is 0. The number of hydrogen-bond acceptors (Lipinski definition) is 7. The fourth-order valence-corrected chi connectivity index (χ4v) is 4.99. The summed E-state index contributed by atoms with van der Waals surface area (Å²) in [7, 11) is 1.91. The van der Waals surface area contributed by atoms with Gasteiger partial charge < -0.3 is 15.5 Å². The smallest absolute Gasteiger partial charge is 0.228 e. The number of rotatable bonds is 6. The number of fused-ring (bicyclic) bond motifs is 3. The number of nitrogens with one attached hydrogen (secondary N) is 2. The van der Waals surface area contributed by atoms with E-state index in [1.807, 2.05) is 44.6 Å². The number of hydrogen-bond donors (Lipinski definition) is 2. The zero-order chi connectivity index (χ0) is 22.1. The van der Waals surface area contributed by atoms with Crippen LogP contribution < -0.4 is 15.5 Å². The van der Waals surface area contributed by atoms with Crippen LogP contribution in [0, 0.1) is 6.92 Å². The molecule has 0 spiro atoms. The van der Waals surface area contributed by atoms with Crippen LogP contribution in [0.15, 0.2) is 42.7 Å².